The number of anilines is 1. The van der Waals surface area contributed by atoms with E-state index in [1.807, 2.05) is 0 Å². The Kier molecular flexibility index (Phi) is 6.62. The van der Waals surface area contributed by atoms with E-state index in [0.29, 0.717) is 51.7 Å². The van der Waals surface area contributed by atoms with Crippen LogP contribution in [0.1, 0.15) is 34.3 Å². The molecule has 0 aliphatic carbocycles. The molecule has 0 bridgehead atoms. The topological polar surface area (TPSA) is 146 Å². The SMILES string of the molecule is N#Cc1cc(Oc2ccc(C(=O)c3c[nH]c4ncnc(N[C@@H]5CC[C@@H](CO)OC5)c34)c(Cl)c2)c2occc2c1. The van der Waals surface area contributed by atoms with E-state index in [-0.39, 0.29) is 35.1 Å². The number of halogens is 1. The average molecular weight is 544 g/mol. The molecule has 1 aliphatic rings. The van der Waals surface area contributed by atoms with Crippen LogP contribution in [-0.2, 0) is 4.74 Å². The molecule has 0 amide bonds. The lowest BCUT2D eigenvalue weighted by Gasteiger charge is -2.29. The van der Waals surface area contributed by atoms with Gasteiger partial charge < -0.3 is 29.3 Å². The first-order valence-corrected chi connectivity index (χ1v) is 12.7. The van der Waals surface area contributed by atoms with E-state index in [1.54, 1.807) is 42.6 Å². The molecule has 4 heterocycles. The zero-order valence-electron chi connectivity index (χ0n) is 20.5. The van der Waals surface area contributed by atoms with Crippen molar-refractivity contribution in [2.24, 2.45) is 0 Å². The molecule has 10 nitrogen and oxygen atoms in total. The highest BCUT2D eigenvalue weighted by Crippen LogP contribution is 2.35. The zero-order valence-corrected chi connectivity index (χ0v) is 21.2. The van der Waals surface area contributed by atoms with Crippen molar-refractivity contribution in [3.8, 4) is 17.6 Å². The zero-order chi connectivity index (χ0) is 26.9. The van der Waals surface area contributed by atoms with Crippen LogP contribution in [0.2, 0.25) is 5.02 Å². The summed E-state index contributed by atoms with van der Waals surface area (Å²) in [6.45, 7) is 0.407. The molecule has 3 aromatic heterocycles. The number of fused-ring (bicyclic) bond motifs is 2. The summed E-state index contributed by atoms with van der Waals surface area (Å²) < 4.78 is 17.2. The first-order chi connectivity index (χ1) is 19.0. The van der Waals surface area contributed by atoms with E-state index >= 15 is 0 Å². The first-order valence-electron chi connectivity index (χ1n) is 12.3. The number of furan rings is 1. The van der Waals surface area contributed by atoms with E-state index in [1.165, 1.54) is 12.6 Å². The third kappa shape index (κ3) is 4.79. The highest BCUT2D eigenvalue weighted by atomic mass is 35.5. The second-order valence-electron chi connectivity index (χ2n) is 9.20. The van der Waals surface area contributed by atoms with Gasteiger partial charge in [-0.2, -0.15) is 5.26 Å². The normalized spacial score (nSPS) is 17.3. The monoisotopic (exact) mass is 543 g/mol. The maximum absolute atomic E-state index is 13.6. The summed E-state index contributed by atoms with van der Waals surface area (Å²) >= 11 is 6.57. The Bertz CT molecular complexity index is 1730. The fraction of sp³-hybridized carbons (Fsp3) is 0.214. The number of aromatic amines is 1. The standard InChI is InChI=1S/C28H22ClN5O5/c29-22-9-18(39-23-8-15(10-30)7-16-5-6-37-26(16)23)3-4-20(22)25(36)21-11-31-27-24(21)28(33-14-32-27)34-17-1-2-19(12-35)38-13-17/h3-9,11,14,17,19,35H,1-2,12-13H2,(H2,31,32,33,34)/t17-,19+/m1/s1. The lowest BCUT2D eigenvalue weighted by Crippen LogP contribution is -2.36. The second-order valence-corrected chi connectivity index (χ2v) is 9.61. The van der Waals surface area contributed by atoms with Gasteiger partial charge >= 0.3 is 0 Å². The van der Waals surface area contributed by atoms with Gasteiger partial charge in [0.25, 0.3) is 0 Å². The van der Waals surface area contributed by atoms with Gasteiger partial charge in [-0.05, 0) is 37.1 Å². The number of aliphatic hydroxyl groups excluding tert-OH is 1. The van der Waals surface area contributed by atoms with Gasteiger partial charge in [0.15, 0.2) is 17.1 Å². The molecular formula is C28H22ClN5O5. The minimum Gasteiger partial charge on any atom is -0.460 e. The summed E-state index contributed by atoms with van der Waals surface area (Å²) in [6, 6.07) is 11.9. The molecule has 0 unspecified atom stereocenters. The summed E-state index contributed by atoms with van der Waals surface area (Å²) in [7, 11) is 0. The molecule has 0 saturated carbocycles. The van der Waals surface area contributed by atoms with Gasteiger partial charge in [0.1, 0.15) is 23.5 Å². The number of ketones is 1. The lowest BCUT2D eigenvalue weighted by atomic mass is 10.0. The molecule has 1 saturated heterocycles. The van der Waals surface area contributed by atoms with Crippen molar-refractivity contribution in [1.29, 1.82) is 5.26 Å². The van der Waals surface area contributed by atoms with E-state index in [9.17, 15) is 15.2 Å². The number of nitriles is 1. The number of H-pyrrole nitrogens is 1. The van der Waals surface area contributed by atoms with Gasteiger partial charge in [-0.25, -0.2) is 9.97 Å². The van der Waals surface area contributed by atoms with Crippen molar-refractivity contribution in [3.05, 3.63) is 76.9 Å². The summed E-state index contributed by atoms with van der Waals surface area (Å²) in [6.07, 6.45) is 5.89. The van der Waals surface area contributed by atoms with Crippen molar-refractivity contribution >= 4 is 45.2 Å². The molecule has 196 valence electrons. The van der Waals surface area contributed by atoms with Crippen LogP contribution in [-0.4, -0.2) is 51.2 Å². The number of hydrogen-bond acceptors (Lipinski definition) is 9. The van der Waals surface area contributed by atoms with Crippen LogP contribution in [0, 0.1) is 11.3 Å². The predicted octanol–water partition coefficient (Wildman–Crippen LogP) is 5.20. The van der Waals surface area contributed by atoms with Gasteiger partial charge in [0, 0.05) is 29.3 Å². The third-order valence-electron chi connectivity index (χ3n) is 6.69. The Balaban J connectivity index is 1.27. The minimum atomic E-state index is -0.309. The van der Waals surface area contributed by atoms with Crippen LogP contribution in [0.25, 0.3) is 22.0 Å². The fourth-order valence-electron chi connectivity index (χ4n) is 4.71. The van der Waals surface area contributed by atoms with Gasteiger partial charge in [0.05, 0.1) is 59.2 Å². The fourth-order valence-corrected chi connectivity index (χ4v) is 4.97. The summed E-state index contributed by atoms with van der Waals surface area (Å²) in [5, 5.41) is 23.5. The van der Waals surface area contributed by atoms with E-state index in [2.05, 4.69) is 26.3 Å². The van der Waals surface area contributed by atoms with Crippen molar-refractivity contribution < 1.29 is 23.8 Å². The number of carbonyl (C=O) groups is 1. The van der Waals surface area contributed by atoms with Crippen LogP contribution in [0.5, 0.6) is 11.5 Å². The van der Waals surface area contributed by atoms with Crippen LogP contribution < -0.4 is 10.1 Å². The molecule has 2 aromatic carbocycles. The van der Waals surface area contributed by atoms with E-state index in [0.717, 1.165) is 18.2 Å². The van der Waals surface area contributed by atoms with Crippen LogP contribution in [0.3, 0.4) is 0 Å². The van der Waals surface area contributed by atoms with Crippen molar-refractivity contribution in [2.45, 2.75) is 25.0 Å². The van der Waals surface area contributed by atoms with Crippen LogP contribution in [0.4, 0.5) is 5.82 Å². The summed E-state index contributed by atoms with van der Waals surface area (Å²) in [4.78, 5) is 25.3. The number of benzene rings is 2. The van der Waals surface area contributed by atoms with Crippen molar-refractivity contribution in [3.63, 3.8) is 0 Å². The van der Waals surface area contributed by atoms with Gasteiger partial charge in [-0.1, -0.05) is 11.6 Å². The molecule has 0 radical (unpaired) electrons. The van der Waals surface area contributed by atoms with Crippen LogP contribution >= 0.6 is 11.6 Å². The number of rotatable bonds is 7. The maximum atomic E-state index is 13.6. The van der Waals surface area contributed by atoms with Crippen molar-refractivity contribution in [2.75, 3.05) is 18.5 Å². The predicted molar refractivity (Wildman–Crippen MR) is 143 cm³/mol. The molecule has 6 rings (SSSR count). The second kappa shape index (κ2) is 10.4. The van der Waals surface area contributed by atoms with Crippen LogP contribution in [0.15, 0.2) is 59.6 Å². The third-order valence-corrected chi connectivity index (χ3v) is 7.00. The number of hydrogen-bond donors (Lipinski definition) is 3. The molecule has 5 aromatic rings. The smallest absolute Gasteiger partial charge is 0.196 e. The molecule has 1 aliphatic heterocycles. The number of ether oxygens (including phenoxy) is 2. The quantitative estimate of drug-likeness (QED) is 0.235. The molecule has 0 spiro atoms. The number of aromatic nitrogens is 3. The Morgan fingerprint density at radius 3 is 2.90 bits per heavy atom. The Labute approximate surface area is 227 Å². The Morgan fingerprint density at radius 1 is 1.23 bits per heavy atom. The van der Waals surface area contributed by atoms with E-state index in [4.69, 9.17) is 25.5 Å². The summed E-state index contributed by atoms with van der Waals surface area (Å²) in [5.74, 6) is 0.950. The number of nitrogens with zero attached hydrogens (tertiary/aromatic N) is 3. The summed E-state index contributed by atoms with van der Waals surface area (Å²) in [5.41, 5.74) is 2.08. The number of nitrogens with one attached hydrogen (secondary N) is 2. The molecular weight excluding hydrogens is 522 g/mol. The molecule has 3 N–H and O–H groups in total. The molecule has 39 heavy (non-hydrogen) atoms. The average Bonchev–Trinajstić information content (AvgIpc) is 3.61. The van der Waals surface area contributed by atoms with Gasteiger partial charge in [-0.3, -0.25) is 4.79 Å². The highest BCUT2D eigenvalue weighted by molar-refractivity contribution is 6.35. The Hall–Kier alpha value is -4.43. The Morgan fingerprint density at radius 2 is 2.13 bits per heavy atom. The van der Waals surface area contributed by atoms with E-state index < -0.39 is 0 Å². The minimum absolute atomic E-state index is 0.00897. The van der Waals surface area contributed by atoms with Gasteiger partial charge in [0.2, 0.25) is 0 Å². The highest BCUT2D eigenvalue weighted by Gasteiger charge is 2.25. The number of aliphatic hydroxyl groups is 1. The van der Waals surface area contributed by atoms with Gasteiger partial charge in [-0.15, -0.1) is 0 Å². The molecule has 2 atom stereocenters. The molecule has 1 fully saturated rings. The van der Waals surface area contributed by atoms with Crippen molar-refractivity contribution in [1.82, 2.24) is 15.0 Å². The largest absolute Gasteiger partial charge is 0.460 e. The lowest BCUT2D eigenvalue weighted by molar-refractivity contribution is -0.0224. The maximum Gasteiger partial charge on any atom is 0.196 e. The molecule has 11 heteroatoms. The number of carbonyl (C=O) groups excluding carboxylic acids is 1. The first kappa shape index (κ1) is 24.9.